The van der Waals surface area contributed by atoms with E-state index in [1.54, 1.807) is 12.1 Å². The molecule has 0 aliphatic heterocycles. The summed E-state index contributed by atoms with van der Waals surface area (Å²) in [6, 6.07) is 4.83. The number of carbonyl (C=O) groups is 1. The van der Waals surface area contributed by atoms with Crippen LogP contribution in [0.25, 0.3) is 0 Å². The van der Waals surface area contributed by atoms with Crippen LogP contribution < -0.4 is 10.1 Å². The van der Waals surface area contributed by atoms with E-state index in [1.807, 2.05) is 6.92 Å². The van der Waals surface area contributed by atoms with E-state index in [1.165, 1.54) is 18.9 Å². The molecule has 0 unspecified atom stereocenters. The Balaban J connectivity index is 1.90. The minimum Gasteiger partial charge on any atom is -0.477 e. The Morgan fingerprint density at radius 1 is 1.32 bits per heavy atom. The molecule has 0 aromatic heterocycles. The summed E-state index contributed by atoms with van der Waals surface area (Å²) in [5, 5.41) is 13.9. The topological polar surface area (TPSA) is 81.5 Å². The van der Waals surface area contributed by atoms with Crippen molar-refractivity contribution in [2.24, 2.45) is 0 Å². The Kier molecular flexibility index (Phi) is 5.75. The standard InChI is InChI=1S/C16H22N2O4/c1-12-8-9-14(18(20)21)15(10-12)22-11-16(19)17-13-6-4-2-3-5-7-13/h8-10,13H,2-7,11H2,1H3,(H,17,19). The van der Waals surface area contributed by atoms with Crippen molar-refractivity contribution in [1.29, 1.82) is 0 Å². The minimum atomic E-state index is -0.502. The third kappa shape index (κ3) is 4.72. The van der Waals surface area contributed by atoms with Gasteiger partial charge in [-0.3, -0.25) is 14.9 Å². The van der Waals surface area contributed by atoms with Crippen LogP contribution in [-0.2, 0) is 4.79 Å². The van der Waals surface area contributed by atoms with Crippen molar-refractivity contribution in [3.05, 3.63) is 33.9 Å². The first kappa shape index (κ1) is 16.3. The minimum absolute atomic E-state index is 0.118. The second-order valence-electron chi connectivity index (χ2n) is 5.77. The van der Waals surface area contributed by atoms with Gasteiger partial charge >= 0.3 is 5.69 Å². The summed E-state index contributed by atoms with van der Waals surface area (Å²) in [7, 11) is 0. The fraction of sp³-hybridized carbons (Fsp3) is 0.562. The predicted molar refractivity (Wildman–Crippen MR) is 83.0 cm³/mol. The van der Waals surface area contributed by atoms with Crippen LogP contribution >= 0.6 is 0 Å². The second kappa shape index (κ2) is 7.77. The van der Waals surface area contributed by atoms with Gasteiger partial charge in [0, 0.05) is 12.1 Å². The van der Waals surface area contributed by atoms with E-state index in [9.17, 15) is 14.9 Å². The molecule has 1 N–H and O–H groups in total. The zero-order valence-corrected chi connectivity index (χ0v) is 12.8. The lowest BCUT2D eigenvalue weighted by Crippen LogP contribution is -2.37. The third-order valence-electron chi connectivity index (χ3n) is 3.89. The van der Waals surface area contributed by atoms with E-state index in [2.05, 4.69) is 5.32 Å². The number of nitrogens with zero attached hydrogens (tertiary/aromatic N) is 1. The van der Waals surface area contributed by atoms with E-state index in [0.29, 0.717) is 0 Å². The molecule has 22 heavy (non-hydrogen) atoms. The van der Waals surface area contributed by atoms with Crippen molar-refractivity contribution >= 4 is 11.6 Å². The maximum Gasteiger partial charge on any atom is 0.310 e. The van der Waals surface area contributed by atoms with E-state index < -0.39 is 4.92 Å². The number of rotatable bonds is 5. The Bertz CT molecular complexity index is 537. The molecule has 1 aromatic rings. The van der Waals surface area contributed by atoms with Gasteiger partial charge in [-0.25, -0.2) is 0 Å². The molecule has 0 radical (unpaired) electrons. The number of carbonyl (C=O) groups excluding carboxylic acids is 1. The molecule has 1 amide bonds. The molecule has 6 nitrogen and oxygen atoms in total. The monoisotopic (exact) mass is 306 g/mol. The summed E-state index contributed by atoms with van der Waals surface area (Å²) in [4.78, 5) is 22.4. The first-order chi connectivity index (χ1) is 10.6. The lowest BCUT2D eigenvalue weighted by Gasteiger charge is -2.16. The number of nitrogens with one attached hydrogen (secondary N) is 1. The first-order valence-corrected chi connectivity index (χ1v) is 7.73. The third-order valence-corrected chi connectivity index (χ3v) is 3.89. The lowest BCUT2D eigenvalue weighted by molar-refractivity contribution is -0.385. The van der Waals surface area contributed by atoms with Crippen molar-refractivity contribution in [1.82, 2.24) is 5.32 Å². The molecule has 1 saturated carbocycles. The van der Waals surface area contributed by atoms with Crippen LogP contribution in [0.2, 0.25) is 0 Å². The van der Waals surface area contributed by atoms with Crippen molar-refractivity contribution in [2.75, 3.05) is 6.61 Å². The van der Waals surface area contributed by atoms with Crippen LogP contribution in [0.3, 0.4) is 0 Å². The molecule has 0 atom stereocenters. The Hall–Kier alpha value is -2.11. The fourth-order valence-corrected chi connectivity index (χ4v) is 2.72. The summed E-state index contributed by atoms with van der Waals surface area (Å²) >= 11 is 0. The maximum absolute atomic E-state index is 12.0. The maximum atomic E-state index is 12.0. The molecule has 0 bridgehead atoms. The SMILES string of the molecule is Cc1ccc([N+](=O)[O-])c(OCC(=O)NC2CCCCCC2)c1. The fourth-order valence-electron chi connectivity index (χ4n) is 2.72. The normalized spacial score (nSPS) is 15.9. The van der Waals surface area contributed by atoms with Gasteiger partial charge in [0.25, 0.3) is 5.91 Å². The average Bonchev–Trinajstić information content (AvgIpc) is 2.73. The summed E-state index contributed by atoms with van der Waals surface area (Å²) in [5.74, 6) is -0.0799. The number of ether oxygens (including phenoxy) is 1. The van der Waals surface area contributed by atoms with Crippen LogP contribution in [0.5, 0.6) is 5.75 Å². The average molecular weight is 306 g/mol. The number of nitro groups is 1. The summed E-state index contributed by atoms with van der Waals surface area (Å²) in [6.45, 7) is 1.63. The van der Waals surface area contributed by atoms with Crippen LogP contribution in [0.1, 0.15) is 44.1 Å². The van der Waals surface area contributed by atoms with E-state index >= 15 is 0 Å². The van der Waals surface area contributed by atoms with Crippen LogP contribution in [-0.4, -0.2) is 23.5 Å². The summed E-state index contributed by atoms with van der Waals surface area (Å²) in [5.41, 5.74) is 0.734. The molecule has 1 fully saturated rings. The quantitative estimate of drug-likeness (QED) is 0.515. The van der Waals surface area contributed by atoms with Gasteiger partial charge < -0.3 is 10.1 Å². The Labute approximate surface area is 130 Å². The smallest absolute Gasteiger partial charge is 0.310 e. The van der Waals surface area contributed by atoms with Gasteiger partial charge in [-0.2, -0.15) is 0 Å². The number of aryl methyl sites for hydroxylation is 1. The van der Waals surface area contributed by atoms with Gasteiger partial charge in [0.2, 0.25) is 0 Å². The molecule has 1 aliphatic rings. The van der Waals surface area contributed by atoms with Crippen molar-refractivity contribution in [2.45, 2.75) is 51.5 Å². The molecule has 1 aromatic carbocycles. The summed E-state index contributed by atoms with van der Waals surface area (Å²) < 4.78 is 5.36. The van der Waals surface area contributed by atoms with E-state index in [4.69, 9.17) is 4.74 Å². The highest BCUT2D eigenvalue weighted by atomic mass is 16.6. The molecule has 0 spiro atoms. The molecule has 0 saturated heterocycles. The van der Waals surface area contributed by atoms with Crippen LogP contribution in [0.4, 0.5) is 5.69 Å². The van der Waals surface area contributed by atoms with Crippen molar-refractivity contribution < 1.29 is 14.5 Å². The van der Waals surface area contributed by atoms with Crippen LogP contribution in [0, 0.1) is 17.0 Å². The molecule has 1 aliphatic carbocycles. The Morgan fingerprint density at radius 2 is 2.00 bits per heavy atom. The number of benzene rings is 1. The zero-order chi connectivity index (χ0) is 15.9. The number of nitro benzene ring substituents is 1. The highest BCUT2D eigenvalue weighted by Gasteiger charge is 2.18. The molecular formula is C16H22N2O4. The predicted octanol–water partition coefficient (Wildman–Crippen LogP) is 3.12. The molecule has 0 heterocycles. The van der Waals surface area contributed by atoms with Crippen molar-refractivity contribution in [3.8, 4) is 5.75 Å². The number of hydrogen-bond acceptors (Lipinski definition) is 4. The van der Waals surface area contributed by atoms with Gasteiger partial charge in [-0.1, -0.05) is 31.7 Å². The Morgan fingerprint density at radius 3 is 2.64 bits per heavy atom. The van der Waals surface area contributed by atoms with Gasteiger partial charge in [0.1, 0.15) is 0 Å². The molecule has 6 heteroatoms. The number of hydrogen-bond donors (Lipinski definition) is 1. The lowest BCUT2D eigenvalue weighted by atomic mass is 10.1. The summed E-state index contributed by atoms with van der Waals surface area (Å²) in [6.07, 6.45) is 6.70. The highest BCUT2D eigenvalue weighted by Crippen LogP contribution is 2.27. The van der Waals surface area contributed by atoms with Gasteiger partial charge in [-0.05, 0) is 31.4 Å². The molecular weight excluding hydrogens is 284 g/mol. The van der Waals surface area contributed by atoms with Crippen molar-refractivity contribution in [3.63, 3.8) is 0 Å². The largest absolute Gasteiger partial charge is 0.477 e. The van der Waals surface area contributed by atoms with Gasteiger partial charge in [-0.15, -0.1) is 0 Å². The van der Waals surface area contributed by atoms with Gasteiger partial charge in [0.15, 0.2) is 12.4 Å². The first-order valence-electron chi connectivity index (χ1n) is 7.73. The van der Waals surface area contributed by atoms with Gasteiger partial charge in [0.05, 0.1) is 4.92 Å². The van der Waals surface area contributed by atoms with E-state index in [-0.39, 0.29) is 30.0 Å². The number of amides is 1. The molecule has 120 valence electrons. The second-order valence-corrected chi connectivity index (χ2v) is 5.77. The van der Waals surface area contributed by atoms with E-state index in [0.717, 1.165) is 31.2 Å². The molecule has 2 rings (SSSR count). The highest BCUT2D eigenvalue weighted by molar-refractivity contribution is 5.78. The van der Waals surface area contributed by atoms with Crippen LogP contribution in [0.15, 0.2) is 18.2 Å². The zero-order valence-electron chi connectivity index (χ0n) is 12.8.